The van der Waals surface area contributed by atoms with Crippen molar-refractivity contribution in [3.8, 4) is 17.1 Å². The Kier molecular flexibility index (Phi) is 5.06. The van der Waals surface area contributed by atoms with Gasteiger partial charge in [0.05, 0.1) is 25.3 Å². The highest BCUT2D eigenvalue weighted by Gasteiger charge is 2.23. The second kappa shape index (κ2) is 8.16. The van der Waals surface area contributed by atoms with Crippen LogP contribution in [-0.2, 0) is 6.54 Å². The monoisotopic (exact) mass is 401 g/mol. The number of methoxy groups -OCH3 is 1. The third-order valence-electron chi connectivity index (χ3n) is 5.63. The van der Waals surface area contributed by atoms with E-state index in [9.17, 15) is 0 Å². The van der Waals surface area contributed by atoms with Crippen LogP contribution in [0.1, 0.15) is 24.4 Å². The number of pyridine rings is 2. The molecule has 0 aliphatic carbocycles. The molecule has 5 heterocycles. The Hall–Kier alpha value is -3.39. The Balaban J connectivity index is 1.32. The summed E-state index contributed by atoms with van der Waals surface area (Å²) in [5, 5.41) is 0. The lowest BCUT2D eigenvalue weighted by molar-refractivity contribution is 0.179. The van der Waals surface area contributed by atoms with E-state index in [1.807, 2.05) is 30.7 Å². The summed E-state index contributed by atoms with van der Waals surface area (Å²) in [6.45, 7) is 2.84. The summed E-state index contributed by atoms with van der Waals surface area (Å²) in [7, 11) is 1.67. The van der Waals surface area contributed by atoms with Crippen LogP contribution in [0.25, 0.3) is 22.6 Å². The van der Waals surface area contributed by atoms with Crippen LogP contribution in [0.3, 0.4) is 0 Å². The molecule has 1 aliphatic rings. The van der Waals surface area contributed by atoms with Crippen molar-refractivity contribution >= 4 is 11.3 Å². The molecule has 5 rings (SSSR count). The van der Waals surface area contributed by atoms with Crippen LogP contribution in [0.4, 0.5) is 0 Å². The van der Waals surface area contributed by atoms with E-state index in [1.165, 1.54) is 0 Å². The normalized spacial score (nSPS) is 15.5. The van der Waals surface area contributed by atoms with Crippen molar-refractivity contribution in [3.05, 3.63) is 60.9 Å². The highest BCUT2D eigenvalue weighted by Crippen LogP contribution is 2.28. The molecule has 152 valence electrons. The fourth-order valence-corrected chi connectivity index (χ4v) is 4.05. The summed E-state index contributed by atoms with van der Waals surface area (Å²) in [4.78, 5) is 24.8. The molecule has 4 aromatic rings. The first kappa shape index (κ1) is 18.6. The molecule has 0 spiro atoms. The topological polar surface area (TPSA) is 81.9 Å². The number of hydrogen-bond acceptors (Lipinski definition) is 7. The van der Waals surface area contributed by atoms with Crippen molar-refractivity contribution < 1.29 is 4.74 Å². The zero-order valence-corrected chi connectivity index (χ0v) is 16.8. The van der Waals surface area contributed by atoms with Crippen molar-refractivity contribution in [2.75, 3.05) is 20.2 Å². The van der Waals surface area contributed by atoms with Crippen molar-refractivity contribution in [1.82, 2.24) is 34.4 Å². The zero-order chi connectivity index (χ0) is 20.3. The van der Waals surface area contributed by atoms with Gasteiger partial charge in [-0.3, -0.25) is 9.88 Å². The lowest BCUT2D eigenvalue weighted by atomic mass is 10.0. The molecule has 1 fully saturated rings. The highest BCUT2D eigenvalue weighted by atomic mass is 16.5. The van der Waals surface area contributed by atoms with E-state index in [2.05, 4.69) is 35.5 Å². The molecule has 8 nitrogen and oxygen atoms in total. The molecule has 0 saturated carbocycles. The molecular formula is C22H23N7O. The van der Waals surface area contributed by atoms with Crippen LogP contribution < -0.4 is 4.74 Å². The minimum absolute atomic E-state index is 0.362. The Bertz CT molecular complexity index is 1140. The highest BCUT2D eigenvalue weighted by molar-refractivity contribution is 5.70. The molecule has 0 bridgehead atoms. The third-order valence-corrected chi connectivity index (χ3v) is 5.63. The van der Waals surface area contributed by atoms with E-state index in [0.29, 0.717) is 17.6 Å². The smallest absolute Gasteiger partial charge is 0.217 e. The second-order valence-corrected chi connectivity index (χ2v) is 7.48. The number of imidazole rings is 1. The number of piperidine rings is 1. The molecule has 1 saturated heterocycles. The van der Waals surface area contributed by atoms with Gasteiger partial charge in [0.15, 0.2) is 11.3 Å². The van der Waals surface area contributed by atoms with Crippen LogP contribution in [0.15, 0.2) is 55.4 Å². The molecule has 0 aromatic carbocycles. The number of nitrogens with zero attached hydrogens (tertiary/aromatic N) is 7. The Morgan fingerprint density at radius 2 is 1.90 bits per heavy atom. The first-order valence-corrected chi connectivity index (χ1v) is 10.1. The van der Waals surface area contributed by atoms with Gasteiger partial charge in [-0.2, -0.15) is 0 Å². The lowest BCUT2D eigenvalue weighted by Gasteiger charge is -2.32. The average Bonchev–Trinajstić information content (AvgIpc) is 3.24. The molecule has 0 radical (unpaired) electrons. The number of fused-ring (bicyclic) bond motifs is 1. The minimum Gasteiger partial charge on any atom is -0.481 e. The van der Waals surface area contributed by atoms with Crippen LogP contribution >= 0.6 is 0 Å². The lowest BCUT2D eigenvalue weighted by Crippen LogP contribution is -2.34. The number of ether oxygens (including phenoxy) is 1. The van der Waals surface area contributed by atoms with Crippen LogP contribution in [0, 0.1) is 0 Å². The third kappa shape index (κ3) is 3.61. The van der Waals surface area contributed by atoms with Gasteiger partial charge in [-0.1, -0.05) is 6.07 Å². The molecule has 4 aromatic heterocycles. The summed E-state index contributed by atoms with van der Waals surface area (Å²) in [5.41, 5.74) is 4.42. The Morgan fingerprint density at radius 3 is 2.70 bits per heavy atom. The van der Waals surface area contributed by atoms with Gasteiger partial charge >= 0.3 is 0 Å². The maximum Gasteiger partial charge on any atom is 0.217 e. The molecule has 0 N–H and O–H groups in total. The summed E-state index contributed by atoms with van der Waals surface area (Å²) < 4.78 is 7.58. The van der Waals surface area contributed by atoms with Crippen LogP contribution in [0.2, 0.25) is 0 Å². The van der Waals surface area contributed by atoms with E-state index in [4.69, 9.17) is 9.72 Å². The van der Waals surface area contributed by atoms with Gasteiger partial charge in [0.25, 0.3) is 0 Å². The average molecular weight is 401 g/mol. The summed E-state index contributed by atoms with van der Waals surface area (Å²) in [6.07, 6.45) is 11.0. The van der Waals surface area contributed by atoms with E-state index < -0.39 is 0 Å². The largest absolute Gasteiger partial charge is 0.481 e. The molecule has 1 aliphatic heterocycles. The Morgan fingerprint density at radius 1 is 1.03 bits per heavy atom. The first-order valence-electron chi connectivity index (χ1n) is 10.1. The fourth-order valence-electron chi connectivity index (χ4n) is 4.05. The van der Waals surface area contributed by atoms with E-state index in [1.54, 1.807) is 25.7 Å². The van der Waals surface area contributed by atoms with E-state index in [-0.39, 0.29) is 0 Å². The van der Waals surface area contributed by atoms with Gasteiger partial charge in [0.2, 0.25) is 5.88 Å². The summed E-state index contributed by atoms with van der Waals surface area (Å²) in [6, 6.07) is 8.30. The molecular weight excluding hydrogens is 378 g/mol. The zero-order valence-electron chi connectivity index (χ0n) is 16.8. The van der Waals surface area contributed by atoms with Gasteiger partial charge in [-0.25, -0.2) is 19.9 Å². The molecule has 0 amide bonds. The maximum absolute atomic E-state index is 5.39. The van der Waals surface area contributed by atoms with Crippen molar-refractivity contribution in [2.24, 2.45) is 0 Å². The van der Waals surface area contributed by atoms with Gasteiger partial charge in [-0.15, -0.1) is 0 Å². The quantitative estimate of drug-likeness (QED) is 0.508. The molecule has 0 atom stereocenters. The van der Waals surface area contributed by atoms with Gasteiger partial charge in [-0.05, 0) is 31.0 Å². The number of likely N-dealkylation sites (tertiary alicyclic amines) is 1. The van der Waals surface area contributed by atoms with Crippen molar-refractivity contribution in [3.63, 3.8) is 0 Å². The predicted octanol–water partition coefficient (Wildman–Crippen LogP) is 3.13. The maximum atomic E-state index is 5.39. The summed E-state index contributed by atoms with van der Waals surface area (Å²) >= 11 is 0. The van der Waals surface area contributed by atoms with Crippen molar-refractivity contribution in [2.45, 2.75) is 25.4 Å². The Labute approximate surface area is 174 Å². The molecule has 30 heavy (non-hydrogen) atoms. The van der Waals surface area contributed by atoms with Gasteiger partial charge in [0.1, 0.15) is 0 Å². The SMILES string of the molecule is COc1ncccc1CN1CCC(n2cnc3ncc(-c4cccnc4)nc32)CC1. The second-order valence-electron chi connectivity index (χ2n) is 7.48. The van der Waals surface area contributed by atoms with Crippen molar-refractivity contribution in [1.29, 1.82) is 0 Å². The van der Waals surface area contributed by atoms with Crippen LogP contribution in [0.5, 0.6) is 5.88 Å². The standard InChI is InChI=1S/C22H23N7O/c1-30-22-17(5-3-9-24-22)14-28-10-6-18(7-11-28)29-15-26-20-21(29)27-19(13-25-20)16-4-2-8-23-12-16/h2-5,8-9,12-13,15,18H,6-7,10-11,14H2,1H3. The van der Waals surface area contributed by atoms with Crippen LogP contribution in [-0.4, -0.2) is 54.6 Å². The van der Waals surface area contributed by atoms with E-state index in [0.717, 1.165) is 54.9 Å². The predicted molar refractivity (Wildman–Crippen MR) is 113 cm³/mol. The number of rotatable bonds is 5. The summed E-state index contributed by atoms with van der Waals surface area (Å²) in [5.74, 6) is 0.707. The molecule has 0 unspecified atom stereocenters. The first-order chi connectivity index (χ1) is 14.8. The molecule has 8 heteroatoms. The number of aromatic nitrogens is 6. The minimum atomic E-state index is 0.362. The fraction of sp³-hybridized carbons (Fsp3) is 0.318. The number of hydrogen-bond donors (Lipinski definition) is 0. The van der Waals surface area contributed by atoms with Gasteiger partial charge < -0.3 is 9.30 Å². The van der Waals surface area contributed by atoms with Gasteiger partial charge in [0, 0.05) is 55.4 Å². The van der Waals surface area contributed by atoms with E-state index >= 15 is 0 Å².